The number of alkyl halides is 3. The first kappa shape index (κ1) is 20.5. The van der Waals surface area contributed by atoms with Gasteiger partial charge in [-0.2, -0.15) is 13.2 Å². The Labute approximate surface area is 179 Å². The fourth-order valence-corrected chi connectivity index (χ4v) is 3.38. The Kier molecular flexibility index (Phi) is 5.89. The Hall–Kier alpha value is -3.79. The quantitative estimate of drug-likeness (QED) is 0.320. The highest BCUT2D eigenvalue weighted by molar-refractivity contribution is 5.84. The van der Waals surface area contributed by atoms with E-state index in [1.54, 1.807) is 0 Å². The number of rotatable bonds is 5. The van der Waals surface area contributed by atoms with Crippen molar-refractivity contribution in [2.75, 3.05) is 4.90 Å². The minimum absolute atomic E-state index is 0.661. The molecular formula is C27H20F3N. The SMILES string of the molecule is FC(F)(F)c1ccc(C(=CN(c2ccccc2)c2ccccc2)c2ccccc2)cc1. The van der Waals surface area contributed by atoms with Gasteiger partial charge in [-0.15, -0.1) is 0 Å². The summed E-state index contributed by atoms with van der Waals surface area (Å²) in [4.78, 5) is 2.04. The molecule has 154 valence electrons. The summed E-state index contributed by atoms with van der Waals surface area (Å²) in [5.74, 6) is 0. The minimum atomic E-state index is -4.37. The number of halogens is 3. The number of para-hydroxylation sites is 2. The highest BCUT2D eigenvalue weighted by atomic mass is 19.4. The summed E-state index contributed by atoms with van der Waals surface area (Å²) in [5.41, 5.74) is 3.69. The lowest BCUT2D eigenvalue weighted by Crippen LogP contribution is -2.10. The van der Waals surface area contributed by atoms with Crippen LogP contribution in [-0.4, -0.2) is 0 Å². The predicted octanol–water partition coefficient (Wildman–Crippen LogP) is 7.93. The molecule has 0 radical (unpaired) electrons. The zero-order chi connectivity index (χ0) is 21.7. The molecule has 0 unspecified atom stereocenters. The van der Waals surface area contributed by atoms with Crippen LogP contribution < -0.4 is 4.90 Å². The summed E-state index contributed by atoms with van der Waals surface area (Å²) in [5, 5.41) is 0. The van der Waals surface area contributed by atoms with Gasteiger partial charge < -0.3 is 4.90 Å². The van der Waals surface area contributed by atoms with E-state index in [1.807, 2.05) is 102 Å². The first-order chi connectivity index (χ1) is 15.0. The fraction of sp³-hybridized carbons (Fsp3) is 0.0370. The van der Waals surface area contributed by atoms with Crippen LogP contribution in [0.25, 0.3) is 5.57 Å². The second kappa shape index (κ2) is 8.92. The maximum absolute atomic E-state index is 13.1. The van der Waals surface area contributed by atoms with E-state index in [-0.39, 0.29) is 0 Å². The van der Waals surface area contributed by atoms with Gasteiger partial charge in [-0.3, -0.25) is 0 Å². The lowest BCUT2D eigenvalue weighted by Gasteiger charge is -2.23. The first-order valence-corrected chi connectivity index (χ1v) is 9.86. The number of anilines is 2. The zero-order valence-electron chi connectivity index (χ0n) is 16.6. The molecule has 0 aliphatic carbocycles. The Balaban J connectivity index is 1.87. The number of benzene rings is 4. The molecule has 0 fully saturated rings. The summed E-state index contributed by atoms with van der Waals surface area (Å²) in [6.07, 6.45) is -2.39. The summed E-state index contributed by atoms with van der Waals surface area (Å²) < 4.78 is 39.2. The van der Waals surface area contributed by atoms with E-state index in [0.29, 0.717) is 5.56 Å². The van der Waals surface area contributed by atoms with Crippen LogP contribution in [0, 0.1) is 0 Å². The smallest absolute Gasteiger partial charge is 0.317 e. The molecule has 0 saturated heterocycles. The molecule has 4 heteroatoms. The van der Waals surface area contributed by atoms with Gasteiger partial charge in [-0.25, -0.2) is 0 Å². The van der Waals surface area contributed by atoms with Crippen molar-refractivity contribution >= 4 is 16.9 Å². The van der Waals surface area contributed by atoms with Crippen molar-refractivity contribution in [3.63, 3.8) is 0 Å². The molecule has 0 saturated carbocycles. The Morgan fingerprint density at radius 3 is 1.42 bits per heavy atom. The first-order valence-electron chi connectivity index (χ1n) is 9.86. The van der Waals surface area contributed by atoms with Gasteiger partial charge in [-0.1, -0.05) is 78.9 Å². The van der Waals surface area contributed by atoms with Crippen molar-refractivity contribution in [2.24, 2.45) is 0 Å². The number of nitrogens with zero attached hydrogens (tertiary/aromatic N) is 1. The van der Waals surface area contributed by atoms with Gasteiger partial charge >= 0.3 is 6.18 Å². The summed E-state index contributed by atoms with van der Waals surface area (Å²) in [6.45, 7) is 0. The average Bonchev–Trinajstić information content (AvgIpc) is 2.81. The van der Waals surface area contributed by atoms with Crippen LogP contribution in [0.3, 0.4) is 0 Å². The van der Waals surface area contributed by atoms with Crippen LogP contribution in [0.15, 0.2) is 121 Å². The minimum Gasteiger partial charge on any atom is -0.317 e. The van der Waals surface area contributed by atoms with E-state index in [0.717, 1.165) is 34.6 Å². The van der Waals surface area contributed by atoms with Crippen LogP contribution in [0.1, 0.15) is 16.7 Å². The van der Waals surface area contributed by atoms with Gasteiger partial charge in [0.05, 0.1) is 5.56 Å². The number of hydrogen-bond donors (Lipinski definition) is 0. The maximum atomic E-state index is 13.1. The van der Waals surface area contributed by atoms with Gasteiger partial charge in [0.2, 0.25) is 0 Å². The molecule has 4 rings (SSSR count). The molecule has 0 aromatic heterocycles. The third-order valence-corrected chi connectivity index (χ3v) is 4.93. The standard InChI is InChI=1S/C27H20F3N/c28-27(29,30)23-18-16-22(17-19-23)26(21-10-4-1-5-11-21)20-31(24-12-6-2-7-13-24)25-14-8-3-9-15-25/h1-20H. The second-order valence-corrected chi connectivity index (χ2v) is 7.03. The molecule has 0 spiro atoms. The molecule has 0 bridgehead atoms. The highest BCUT2D eigenvalue weighted by Crippen LogP contribution is 2.33. The Morgan fingerprint density at radius 1 is 0.548 bits per heavy atom. The van der Waals surface area contributed by atoms with E-state index in [9.17, 15) is 13.2 Å². The van der Waals surface area contributed by atoms with Gasteiger partial charge in [0, 0.05) is 23.1 Å². The normalized spacial score (nSPS) is 11.9. The third-order valence-electron chi connectivity index (χ3n) is 4.93. The molecule has 4 aromatic rings. The molecule has 0 amide bonds. The van der Waals surface area contributed by atoms with E-state index in [4.69, 9.17) is 0 Å². The predicted molar refractivity (Wildman–Crippen MR) is 120 cm³/mol. The van der Waals surface area contributed by atoms with Crippen LogP contribution in [0.5, 0.6) is 0 Å². The highest BCUT2D eigenvalue weighted by Gasteiger charge is 2.30. The molecule has 0 atom stereocenters. The van der Waals surface area contributed by atoms with Crippen LogP contribution >= 0.6 is 0 Å². The monoisotopic (exact) mass is 415 g/mol. The molecule has 31 heavy (non-hydrogen) atoms. The fourth-order valence-electron chi connectivity index (χ4n) is 3.38. The molecule has 0 aliphatic rings. The van der Waals surface area contributed by atoms with Crippen molar-refractivity contribution in [1.29, 1.82) is 0 Å². The molecular weight excluding hydrogens is 395 g/mol. The van der Waals surface area contributed by atoms with Crippen molar-refractivity contribution in [3.8, 4) is 0 Å². The van der Waals surface area contributed by atoms with Gasteiger partial charge in [0.1, 0.15) is 0 Å². The van der Waals surface area contributed by atoms with Gasteiger partial charge in [0.25, 0.3) is 0 Å². The summed E-state index contributed by atoms with van der Waals surface area (Å²) >= 11 is 0. The summed E-state index contributed by atoms with van der Waals surface area (Å²) in [6, 6.07) is 34.7. The second-order valence-electron chi connectivity index (χ2n) is 7.03. The van der Waals surface area contributed by atoms with Crippen molar-refractivity contribution < 1.29 is 13.2 Å². The van der Waals surface area contributed by atoms with Crippen molar-refractivity contribution in [1.82, 2.24) is 0 Å². The Bertz CT molecular complexity index is 1090. The van der Waals surface area contributed by atoms with Crippen LogP contribution in [0.4, 0.5) is 24.5 Å². The number of hydrogen-bond acceptors (Lipinski definition) is 1. The van der Waals surface area contributed by atoms with Crippen molar-refractivity contribution in [2.45, 2.75) is 6.18 Å². The lowest BCUT2D eigenvalue weighted by atomic mass is 9.97. The Morgan fingerprint density at radius 2 is 0.968 bits per heavy atom. The molecule has 0 heterocycles. The zero-order valence-corrected chi connectivity index (χ0v) is 16.6. The van der Waals surface area contributed by atoms with Crippen LogP contribution in [-0.2, 0) is 6.18 Å². The van der Waals surface area contributed by atoms with Gasteiger partial charge in [0.15, 0.2) is 0 Å². The maximum Gasteiger partial charge on any atom is 0.416 e. The molecule has 1 nitrogen and oxygen atoms in total. The van der Waals surface area contributed by atoms with Gasteiger partial charge in [-0.05, 0) is 47.5 Å². The van der Waals surface area contributed by atoms with E-state index < -0.39 is 11.7 Å². The van der Waals surface area contributed by atoms with E-state index in [1.165, 1.54) is 12.1 Å². The lowest BCUT2D eigenvalue weighted by molar-refractivity contribution is -0.137. The third kappa shape index (κ3) is 4.86. The topological polar surface area (TPSA) is 3.24 Å². The molecule has 0 aliphatic heterocycles. The van der Waals surface area contributed by atoms with Crippen molar-refractivity contribution in [3.05, 3.63) is 138 Å². The summed E-state index contributed by atoms with van der Waals surface area (Å²) in [7, 11) is 0. The average molecular weight is 415 g/mol. The largest absolute Gasteiger partial charge is 0.416 e. The molecule has 0 N–H and O–H groups in total. The van der Waals surface area contributed by atoms with Crippen LogP contribution in [0.2, 0.25) is 0 Å². The van der Waals surface area contributed by atoms with E-state index >= 15 is 0 Å². The molecule has 4 aromatic carbocycles. The van der Waals surface area contributed by atoms with E-state index in [2.05, 4.69) is 0 Å².